The minimum absolute atomic E-state index is 0.0466. The van der Waals surface area contributed by atoms with E-state index in [4.69, 9.17) is 4.99 Å². The first-order valence-electron chi connectivity index (χ1n) is 10.9. The van der Waals surface area contributed by atoms with Crippen LogP contribution in [0, 0.1) is 13.8 Å². The highest BCUT2D eigenvalue weighted by molar-refractivity contribution is 8.18. The zero-order valence-electron chi connectivity index (χ0n) is 18.9. The number of para-hydroxylation sites is 1. The van der Waals surface area contributed by atoms with Gasteiger partial charge >= 0.3 is 0 Å². The van der Waals surface area contributed by atoms with Crippen molar-refractivity contribution in [2.75, 3.05) is 12.0 Å². The molecule has 2 amide bonds. The van der Waals surface area contributed by atoms with Gasteiger partial charge < -0.3 is 0 Å². The Morgan fingerprint density at radius 1 is 1.06 bits per heavy atom. The SMILES string of the molecule is CCCN1C(=O)/C(=C/c2cc(C)n(NC(=O)c3ccccc3)c2C)SC1=Nc1ccccc1. The Morgan fingerprint density at radius 3 is 2.39 bits per heavy atom. The van der Waals surface area contributed by atoms with Crippen LogP contribution < -0.4 is 5.43 Å². The van der Waals surface area contributed by atoms with Crippen LogP contribution in [0.1, 0.15) is 40.7 Å². The van der Waals surface area contributed by atoms with Gasteiger partial charge in [0.1, 0.15) is 0 Å². The molecular formula is C26H26N4O2S. The molecule has 1 saturated heterocycles. The molecule has 0 radical (unpaired) electrons. The first-order chi connectivity index (χ1) is 16.0. The van der Waals surface area contributed by atoms with Crippen LogP contribution in [-0.2, 0) is 4.79 Å². The van der Waals surface area contributed by atoms with Crippen molar-refractivity contribution in [3.8, 4) is 0 Å². The third-order valence-electron chi connectivity index (χ3n) is 5.32. The molecule has 1 aliphatic rings. The van der Waals surface area contributed by atoms with Crippen molar-refractivity contribution in [1.29, 1.82) is 0 Å². The molecule has 0 aliphatic carbocycles. The third-order valence-corrected chi connectivity index (χ3v) is 6.33. The fourth-order valence-corrected chi connectivity index (χ4v) is 4.64. The molecule has 0 spiro atoms. The van der Waals surface area contributed by atoms with E-state index < -0.39 is 0 Å². The quantitative estimate of drug-likeness (QED) is 0.496. The molecule has 33 heavy (non-hydrogen) atoms. The van der Waals surface area contributed by atoms with Crippen LogP contribution in [0.25, 0.3) is 6.08 Å². The van der Waals surface area contributed by atoms with Gasteiger partial charge in [-0.05, 0) is 74.0 Å². The van der Waals surface area contributed by atoms with Crippen molar-refractivity contribution in [1.82, 2.24) is 9.58 Å². The second-order valence-electron chi connectivity index (χ2n) is 7.77. The molecule has 1 fully saturated rings. The number of rotatable bonds is 6. The van der Waals surface area contributed by atoms with Crippen LogP contribution in [0.3, 0.4) is 0 Å². The van der Waals surface area contributed by atoms with Gasteiger partial charge in [-0.3, -0.25) is 24.6 Å². The van der Waals surface area contributed by atoms with Gasteiger partial charge in [-0.2, -0.15) is 0 Å². The van der Waals surface area contributed by atoms with Gasteiger partial charge in [0.25, 0.3) is 11.8 Å². The Bertz CT molecular complexity index is 1230. The molecule has 2 heterocycles. The summed E-state index contributed by atoms with van der Waals surface area (Å²) in [6.07, 6.45) is 2.73. The lowest BCUT2D eigenvalue weighted by atomic mass is 10.2. The number of thioether (sulfide) groups is 1. The van der Waals surface area contributed by atoms with Crippen LogP contribution in [0.4, 0.5) is 5.69 Å². The highest BCUT2D eigenvalue weighted by Crippen LogP contribution is 2.35. The van der Waals surface area contributed by atoms with E-state index in [9.17, 15) is 9.59 Å². The van der Waals surface area contributed by atoms with E-state index in [1.165, 1.54) is 11.8 Å². The molecule has 6 nitrogen and oxygen atoms in total. The minimum Gasteiger partial charge on any atom is -0.286 e. The Labute approximate surface area is 198 Å². The molecule has 1 N–H and O–H groups in total. The van der Waals surface area contributed by atoms with E-state index in [0.717, 1.165) is 29.1 Å². The number of carbonyl (C=O) groups excluding carboxylic acids is 2. The maximum absolute atomic E-state index is 13.1. The van der Waals surface area contributed by atoms with Gasteiger partial charge in [-0.15, -0.1) is 0 Å². The van der Waals surface area contributed by atoms with Crippen molar-refractivity contribution in [3.05, 3.63) is 94.1 Å². The van der Waals surface area contributed by atoms with Crippen LogP contribution in [0.2, 0.25) is 0 Å². The van der Waals surface area contributed by atoms with Gasteiger partial charge in [0, 0.05) is 23.5 Å². The van der Waals surface area contributed by atoms with Crippen LogP contribution >= 0.6 is 11.8 Å². The number of hydrogen-bond donors (Lipinski definition) is 1. The monoisotopic (exact) mass is 458 g/mol. The highest BCUT2D eigenvalue weighted by atomic mass is 32.2. The second-order valence-corrected chi connectivity index (χ2v) is 8.78. The number of carbonyl (C=O) groups is 2. The normalized spacial score (nSPS) is 16.1. The zero-order valence-corrected chi connectivity index (χ0v) is 19.7. The van der Waals surface area contributed by atoms with Crippen molar-refractivity contribution >= 4 is 40.5 Å². The predicted octanol–water partition coefficient (Wildman–Crippen LogP) is 5.50. The average Bonchev–Trinajstić information content (AvgIpc) is 3.26. The third kappa shape index (κ3) is 4.93. The maximum Gasteiger partial charge on any atom is 0.270 e. The number of hydrogen-bond acceptors (Lipinski definition) is 4. The molecule has 4 rings (SSSR count). The fourth-order valence-electron chi connectivity index (χ4n) is 3.63. The van der Waals surface area contributed by atoms with E-state index in [1.807, 2.05) is 81.4 Å². The summed E-state index contributed by atoms with van der Waals surface area (Å²) >= 11 is 1.38. The molecule has 2 aromatic carbocycles. The molecule has 0 saturated carbocycles. The molecule has 168 valence electrons. The van der Waals surface area contributed by atoms with Gasteiger partial charge in [0.2, 0.25) is 0 Å². The van der Waals surface area contributed by atoms with E-state index in [2.05, 4.69) is 5.43 Å². The average molecular weight is 459 g/mol. The number of amidine groups is 1. The summed E-state index contributed by atoms with van der Waals surface area (Å²) < 4.78 is 1.76. The lowest BCUT2D eigenvalue weighted by Gasteiger charge is -2.13. The first kappa shape index (κ1) is 22.6. The second kappa shape index (κ2) is 9.92. The largest absolute Gasteiger partial charge is 0.286 e. The summed E-state index contributed by atoms with van der Waals surface area (Å²) in [5.74, 6) is -0.232. The first-order valence-corrected chi connectivity index (χ1v) is 11.7. The van der Waals surface area contributed by atoms with Gasteiger partial charge in [0.05, 0.1) is 10.6 Å². The van der Waals surface area contributed by atoms with Crippen molar-refractivity contribution in [2.24, 2.45) is 4.99 Å². The van der Waals surface area contributed by atoms with Crippen LogP contribution in [0.15, 0.2) is 76.6 Å². The molecular weight excluding hydrogens is 432 g/mol. The Balaban J connectivity index is 1.62. The highest BCUT2D eigenvalue weighted by Gasteiger charge is 2.33. The topological polar surface area (TPSA) is 66.7 Å². The number of amides is 2. The van der Waals surface area contributed by atoms with Gasteiger partial charge in [0.15, 0.2) is 5.17 Å². The van der Waals surface area contributed by atoms with Gasteiger partial charge in [-0.25, -0.2) is 4.99 Å². The summed E-state index contributed by atoms with van der Waals surface area (Å²) in [4.78, 5) is 32.8. The van der Waals surface area contributed by atoms with E-state index in [-0.39, 0.29) is 11.8 Å². The summed E-state index contributed by atoms with van der Waals surface area (Å²) in [6.45, 7) is 6.51. The predicted molar refractivity (Wildman–Crippen MR) is 135 cm³/mol. The van der Waals surface area contributed by atoms with E-state index in [1.54, 1.807) is 21.7 Å². The zero-order chi connectivity index (χ0) is 23.4. The van der Waals surface area contributed by atoms with E-state index in [0.29, 0.717) is 22.2 Å². The lowest BCUT2D eigenvalue weighted by Crippen LogP contribution is -2.29. The summed E-state index contributed by atoms with van der Waals surface area (Å²) in [5.41, 5.74) is 6.96. The maximum atomic E-state index is 13.1. The minimum atomic E-state index is -0.186. The lowest BCUT2D eigenvalue weighted by molar-refractivity contribution is -0.122. The van der Waals surface area contributed by atoms with E-state index >= 15 is 0 Å². The van der Waals surface area contributed by atoms with Gasteiger partial charge in [-0.1, -0.05) is 43.3 Å². The smallest absolute Gasteiger partial charge is 0.270 e. The summed E-state index contributed by atoms with van der Waals surface area (Å²) in [6, 6.07) is 20.7. The fraction of sp³-hybridized carbons (Fsp3) is 0.192. The molecule has 0 bridgehead atoms. The molecule has 0 atom stereocenters. The van der Waals surface area contributed by atoms with Crippen LogP contribution in [-0.4, -0.2) is 33.1 Å². The molecule has 0 unspecified atom stereocenters. The molecule has 1 aliphatic heterocycles. The summed E-state index contributed by atoms with van der Waals surface area (Å²) in [5, 5.41) is 0.686. The number of nitrogens with one attached hydrogen (secondary N) is 1. The molecule has 1 aromatic heterocycles. The van der Waals surface area contributed by atoms with Crippen molar-refractivity contribution < 1.29 is 9.59 Å². The number of aryl methyl sites for hydroxylation is 1. The van der Waals surface area contributed by atoms with Crippen LogP contribution in [0.5, 0.6) is 0 Å². The van der Waals surface area contributed by atoms with Crippen molar-refractivity contribution in [2.45, 2.75) is 27.2 Å². The number of benzene rings is 2. The Morgan fingerprint density at radius 2 is 1.73 bits per heavy atom. The number of aromatic nitrogens is 1. The Kier molecular flexibility index (Phi) is 6.79. The molecule has 7 heteroatoms. The standard InChI is InChI=1S/C26H26N4O2S/c1-4-15-29-25(32)23(33-26(29)27-22-13-9-6-10-14-22)17-21-16-18(2)30(19(21)3)28-24(31)20-11-7-5-8-12-20/h5-14,16-17H,4,15H2,1-3H3,(H,28,31)/b23-17-,27-26?. The number of nitrogens with zero attached hydrogens (tertiary/aromatic N) is 3. The molecule has 3 aromatic rings. The Hall–Kier alpha value is -3.58. The van der Waals surface area contributed by atoms with Crippen molar-refractivity contribution in [3.63, 3.8) is 0 Å². The number of aliphatic imine (C=N–C) groups is 1. The summed E-state index contributed by atoms with van der Waals surface area (Å²) in [7, 11) is 0.